The molecule has 1 unspecified atom stereocenters. The van der Waals surface area contributed by atoms with Crippen molar-refractivity contribution in [2.45, 2.75) is 39.5 Å². The van der Waals surface area contributed by atoms with Crippen LogP contribution in [0.4, 0.5) is 11.6 Å². The van der Waals surface area contributed by atoms with Crippen LogP contribution < -0.4 is 11.1 Å². The lowest BCUT2D eigenvalue weighted by Gasteiger charge is -2.14. The smallest absolute Gasteiger partial charge is 0.222 e. The van der Waals surface area contributed by atoms with E-state index < -0.39 is 0 Å². The first kappa shape index (κ1) is 12.7. The van der Waals surface area contributed by atoms with Gasteiger partial charge in [-0.15, -0.1) is 0 Å². The minimum atomic E-state index is 0.601. The van der Waals surface area contributed by atoms with Crippen LogP contribution in [0.15, 0.2) is 12.4 Å². The number of nitrogens with one attached hydrogen (secondary N) is 1. The van der Waals surface area contributed by atoms with Crippen molar-refractivity contribution in [2.24, 2.45) is 5.92 Å². The molecule has 90 valence electrons. The average molecular weight is 222 g/mol. The van der Waals surface area contributed by atoms with Gasteiger partial charge in [-0.25, -0.2) is 9.97 Å². The molecule has 4 heteroatoms. The first-order valence-electron chi connectivity index (χ1n) is 6.07. The molecular formula is C12H22N4. The molecular weight excluding hydrogens is 200 g/mol. The molecule has 1 aromatic heterocycles. The first-order valence-corrected chi connectivity index (χ1v) is 6.07. The number of anilines is 2. The molecule has 0 radical (unpaired) electrons. The standard InChI is InChI=1S/C12H22N4/c1-3-5-6-10(4-2)7-14-12-15-8-11(13)9-16-12/h8-10H,3-7,13H2,1-2H3,(H,14,15,16). The van der Waals surface area contributed by atoms with Crippen molar-refractivity contribution in [2.75, 3.05) is 17.6 Å². The maximum atomic E-state index is 5.52. The number of nitrogen functional groups attached to an aromatic ring is 1. The van der Waals surface area contributed by atoms with E-state index in [0.717, 1.165) is 6.54 Å². The average Bonchev–Trinajstić information content (AvgIpc) is 2.32. The quantitative estimate of drug-likeness (QED) is 0.744. The minimum Gasteiger partial charge on any atom is -0.396 e. The van der Waals surface area contributed by atoms with Crippen LogP contribution in [0.1, 0.15) is 39.5 Å². The van der Waals surface area contributed by atoms with Crippen molar-refractivity contribution in [3.8, 4) is 0 Å². The summed E-state index contributed by atoms with van der Waals surface area (Å²) in [6.45, 7) is 5.40. The van der Waals surface area contributed by atoms with Gasteiger partial charge in [-0.3, -0.25) is 0 Å². The number of nitrogens with zero attached hydrogens (tertiary/aromatic N) is 2. The van der Waals surface area contributed by atoms with E-state index in [1.165, 1.54) is 25.7 Å². The van der Waals surface area contributed by atoms with E-state index in [2.05, 4.69) is 29.1 Å². The highest BCUT2D eigenvalue weighted by Gasteiger charge is 2.06. The van der Waals surface area contributed by atoms with Crippen LogP contribution >= 0.6 is 0 Å². The van der Waals surface area contributed by atoms with E-state index in [4.69, 9.17) is 5.73 Å². The lowest BCUT2D eigenvalue weighted by atomic mass is 9.99. The Morgan fingerprint density at radius 2 is 2.00 bits per heavy atom. The highest BCUT2D eigenvalue weighted by atomic mass is 15.1. The third-order valence-corrected chi connectivity index (χ3v) is 2.76. The Balaban J connectivity index is 2.34. The fourth-order valence-corrected chi connectivity index (χ4v) is 1.61. The molecule has 1 aromatic rings. The molecule has 4 nitrogen and oxygen atoms in total. The zero-order valence-corrected chi connectivity index (χ0v) is 10.2. The van der Waals surface area contributed by atoms with Gasteiger partial charge >= 0.3 is 0 Å². The molecule has 0 fully saturated rings. The second-order valence-corrected chi connectivity index (χ2v) is 4.14. The molecule has 16 heavy (non-hydrogen) atoms. The van der Waals surface area contributed by atoms with Crippen LogP contribution in [0.2, 0.25) is 0 Å². The van der Waals surface area contributed by atoms with Crippen LogP contribution in [0.5, 0.6) is 0 Å². The number of hydrogen-bond acceptors (Lipinski definition) is 4. The molecule has 0 aliphatic heterocycles. The van der Waals surface area contributed by atoms with Crippen LogP contribution in [0.25, 0.3) is 0 Å². The van der Waals surface area contributed by atoms with Crippen molar-refractivity contribution >= 4 is 11.6 Å². The monoisotopic (exact) mass is 222 g/mol. The van der Waals surface area contributed by atoms with Gasteiger partial charge in [0.05, 0.1) is 18.1 Å². The normalized spacial score (nSPS) is 12.4. The van der Waals surface area contributed by atoms with E-state index in [-0.39, 0.29) is 0 Å². The number of unbranched alkanes of at least 4 members (excludes halogenated alkanes) is 1. The summed E-state index contributed by atoms with van der Waals surface area (Å²) in [4.78, 5) is 8.24. The van der Waals surface area contributed by atoms with Gasteiger partial charge in [0, 0.05) is 6.54 Å². The van der Waals surface area contributed by atoms with Crippen LogP contribution in [-0.2, 0) is 0 Å². The molecule has 0 aliphatic rings. The highest BCUT2D eigenvalue weighted by Crippen LogP contribution is 2.13. The summed E-state index contributed by atoms with van der Waals surface area (Å²) in [7, 11) is 0. The number of nitrogens with two attached hydrogens (primary N) is 1. The molecule has 0 amide bonds. The Labute approximate surface area is 97.7 Å². The third kappa shape index (κ3) is 4.47. The van der Waals surface area contributed by atoms with Gasteiger partial charge in [-0.2, -0.15) is 0 Å². The zero-order valence-electron chi connectivity index (χ0n) is 10.2. The molecule has 0 bridgehead atoms. The molecule has 3 N–H and O–H groups in total. The van der Waals surface area contributed by atoms with E-state index >= 15 is 0 Å². The summed E-state index contributed by atoms with van der Waals surface area (Å²) in [6.07, 6.45) is 8.28. The Hall–Kier alpha value is -1.32. The van der Waals surface area contributed by atoms with E-state index in [0.29, 0.717) is 17.6 Å². The minimum absolute atomic E-state index is 0.601. The van der Waals surface area contributed by atoms with Crippen LogP contribution in [0, 0.1) is 5.92 Å². The van der Waals surface area contributed by atoms with Gasteiger partial charge in [-0.05, 0) is 12.3 Å². The lowest BCUT2D eigenvalue weighted by molar-refractivity contribution is 0.472. The maximum absolute atomic E-state index is 5.52. The molecule has 0 spiro atoms. The van der Waals surface area contributed by atoms with E-state index in [1.54, 1.807) is 12.4 Å². The largest absolute Gasteiger partial charge is 0.396 e. The van der Waals surface area contributed by atoms with Crippen LogP contribution in [0.3, 0.4) is 0 Å². The molecule has 0 aromatic carbocycles. The number of hydrogen-bond donors (Lipinski definition) is 2. The van der Waals surface area contributed by atoms with Crippen molar-refractivity contribution in [1.82, 2.24) is 9.97 Å². The second kappa shape index (κ2) is 7.04. The van der Waals surface area contributed by atoms with Crippen LogP contribution in [-0.4, -0.2) is 16.5 Å². The Morgan fingerprint density at radius 3 is 2.56 bits per heavy atom. The molecule has 0 saturated carbocycles. The summed E-state index contributed by atoms with van der Waals surface area (Å²) in [5.41, 5.74) is 6.12. The maximum Gasteiger partial charge on any atom is 0.222 e. The van der Waals surface area contributed by atoms with Gasteiger partial charge in [0.2, 0.25) is 5.95 Å². The van der Waals surface area contributed by atoms with Gasteiger partial charge in [0.15, 0.2) is 0 Å². The summed E-state index contributed by atoms with van der Waals surface area (Å²) in [5, 5.41) is 3.25. The first-order chi connectivity index (χ1) is 7.76. The highest BCUT2D eigenvalue weighted by molar-refractivity contribution is 5.35. The zero-order chi connectivity index (χ0) is 11.8. The van der Waals surface area contributed by atoms with Gasteiger partial charge in [0.25, 0.3) is 0 Å². The fourth-order valence-electron chi connectivity index (χ4n) is 1.61. The van der Waals surface area contributed by atoms with Gasteiger partial charge in [-0.1, -0.05) is 33.1 Å². The van der Waals surface area contributed by atoms with E-state index in [1.807, 2.05) is 0 Å². The summed E-state index contributed by atoms with van der Waals surface area (Å²) >= 11 is 0. The SMILES string of the molecule is CCCCC(CC)CNc1ncc(N)cn1. The Kier molecular flexibility index (Phi) is 5.61. The van der Waals surface area contributed by atoms with Crippen molar-refractivity contribution in [3.05, 3.63) is 12.4 Å². The number of rotatable bonds is 7. The Bertz CT molecular complexity index is 284. The molecule has 0 aliphatic carbocycles. The second-order valence-electron chi connectivity index (χ2n) is 4.14. The van der Waals surface area contributed by atoms with Crippen molar-refractivity contribution < 1.29 is 0 Å². The Morgan fingerprint density at radius 1 is 1.31 bits per heavy atom. The lowest BCUT2D eigenvalue weighted by Crippen LogP contribution is -2.15. The topological polar surface area (TPSA) is 63.8 Å². The summed E-state index contributed by atoms with van der Waals surface area (Å²) in [6, 6.07) is 0. The predicted octanol–water partition coefficient (Wildman–Crippen LogP) is 2.69. The summed E-state index contributed by atoms with van der Waals surface area (Å²) < 4.78 is 0. The van der Waals surface area contributed by atoms with E-state index in [9.17, 15) is 0 Å². The molecule has 0 saturated heterocycles. The third-order valence-electron chi connectivity index (χ3n) is 2.76. The molecule has 1 atom stereocenters. The molecule has 1 rings (SSSR count). The van der Waals surface area contributed by atoms with Crippen molar-refractivity contribution in [1.29, 1.82) is 0 Å². The van der Waals surface area contributed by atoms with Gasteiger partial charge < -0.3 is 11.1 Å². The summed E-state index contributed by atoms with van der Waals surface area (Å²) in [5.74, 6) is 1.38. The van der Waals surface area contributed by atoms with Crippen molar-refractivity contribution in [3.63, 3.8) is 0 Å². The van der Waals surface area contributed by atoms with Gasteiger partial charge in [0.1, 0.15) is 0 Å². The fraction of sp³-hybridized carbons (Fsp3) is 0.667. The number of aromatic nitrogens is 2. The predicted molar refractivity (Wildman–Crippen MR) is 68.2 cm³/mol. The molecule has 1 heterocycles.